The van der Waals surface area contributed by atoms with Crippen molar-refractivity contribution in [3.8, 4) is 0 Å². The molecule has 1 aromatic rings. The molecule has 0 saturated carbocycles. The lowest BCUT2D eigenvalue weighted by atomic mass is 10.1. The van der Waals surface area contributed by atoms with Gasteiger partial charge in [0.25, 0.3) is 5.91 Å². The quantitative estimate of drug-likeness (QED) is 0.817. The first-order chi connectivity index (χ1) is 8.90. The molecule has 0 spiro atoms. The zero-order valence-electron chi connectivity index (χ0n) is 12.0. The minimum atomic E-state index is -0.429. The number of aliphatic hydroxyl groups is 1. The van der Waals surface area contributed by atoms with Crippen LogP contribution in [0.3, 0.4) is 0 Å². The molecule has 1 fully saturated rings. The van der Waals surface area contributed by atoms with Gasteiger partial charge in [-0.15, -0.1) is 0 Å². The fourth-order valence-corrected chi connectivity index (χ4v) is 2.74. The lowest BCUT2D eigenvalue weighted by Gasteiger charge is -2.26. The van der Waals surface area contributed by atoms with E-state index in [-0.39, 0.29) is 11.9 Å². The Morgan fingerprint density at radius 3 is 2.74 bits per heavy atom. The molecule has 6 nitrogen and oxygen atoms in total. The van der Waals surface area contributed by atoms with E-state index >= 15 is 0 Å². The van der Waals surface area contributed by atoms with E-state index in [2.05, 4.69) is 10.2 Å². The molecule has 1 amide bonds. The second kappa shape index (κ2) is 5.30. The largest absolute Gasteiger partial charge is 0.391 e. The normalized spacial score (nSPS) is 23.4. The van der Waals surface area contributed by atoms with Crippen LogP contribution in [0.1, 0.15) is 28.2 Å². The molecule has 1 aromatic heterocycles. The van der Waals surface area contributed by atoms with Crippen molar-refractivity contribution >= 4 is 5.91 Å². The number of aliphatic hydroxyl groups excluding tert-OH is 1. The lowest BCUT2D eigenvalue weighted by molar-refractivity contribution is 0.0697. The number of amides is 1. The van der Waals surface area contributed by atoms with E-state index in [1.54, 1.807) is 4.90 Å². The van der Waals surface area contributed by atoms with Gasteiger partial charge in [-0.2, -0.15) is 5.10 Å². The molecule has 19 heavy (non-hydrogen) atoms. The van der Waals surface area contributed by atoms with Crippen molar-refractivity contribution in [2.45, 2.75) is 32.4 Å². The average Bonchev–Trinajstić information content (AvgIpc) is 2.81. The summed E-state index contributed by atoms with van der Waals surface area (Å²) < 4.78 is 0. The number of hydrogen-bond acceptors (Lipinski definition) is 4. The molecule has 1 saturated heterocycles. The van der Waals surface area contributed by atoms with E-state index in [1.807, 2.05) is 32.8 Å². The van der Waals surface area contributed by atoms with Crippen molar-refractivity contribution in [1.82, 2.24) is 20.0 Å². The Labute approximate surface area is 113 Å². The molecule has 0 bridgehead atoms. The molecule has 0 aromatic carbocycles. The number of likely N-dealkylation sites (tertiary alicyclic amines) is 1. The van der Waals surface area contributed by atoms with E-state index in [4.69, 9.17) is 0 Å². The summed E-state index contributed by atoms with van der Waals surface area (Å²) in [6.45, 7) is 4.84. The first-order valence-electron chi connectivity index (χ1n) is 6.55. The summed E-state index contributed by atoms with van der Waals surface area (Å²) in [6, 6.07) is 0.0613. The summed E-state index contributed by atoms with van der Waals surface area (Å²) in [5, 5.41) is 16.7. The number of H-pyrrole nitrogens is 1. The third-order valence-electron chi connectivity index (χ3n) is 3.57. The highest BCUT2D eigenvalue weighted by Crippen LogP contribution is 2.23. The summed E-state index contributed by atoms with van der Waals surface area (Å²) in [5.41, 5.74) is 2.14. The summed E-state index contributed by atoms with van der Waals surface area (Å²) in [4.78, 5) is 16.4. The van der Waals surface area contributed by atoms with Gasteiger partial charge in [-0.3, -0.25) is 9.89 Å². The molecule has 2 rings (SSSR count). The Morgan fingerprint density at radius 1 is 1.53 bits per heavy atom. The van der Waals surface area contributed by atoms with E-state index < -0.39 is 6.10 Å². The highest BCUT2D eigenvalue weighted by Gasteiger charge is 2.36. The lowest BCUT2D eigenvalue weighted by Crippen LogP contribution is -2.41. The van der Waals surface area contributed by atoms with Gasteiger partial charge in [0.05, 0.1) is 17.4 Å². The van der Waals surface area contributed by atoms with Crippen LogP contribution in [0.5, 0.6) is 0 Å². The van der Waals surface area contributed by atoms with Crippen LogP contribution in [-0.2, 0) is 0 Å². The van der Waals surface area contributed by atoms with Gasteiger partial charge < -0.3 is 14.9 Å². The van der Waals surface area contributed by atoms with Crippen molar-refractivity contribution in [3.63, 3.8) is 0 Å². The minimum Gasteiger partial charge on any atom is -0.391 e. The number of aromatic amines is 1. The van der Waals surface area contributed by atoms with Crippen LogP contribution in [0.25, 0.3) is 0 Å². The summed E-state index contributed by atoms with van der Waals surface area (Å²) >= 11 is 0. The minimum absolute atomic E-state index is 0.0350. The number of β-amino-alcohol motifs (C(OH)–C–C–N with tert-alkyl or cyclic N) is 1. The van der Waals surface area contributed by atoms with Gasteiger partial charge in [-0.25, -0.2) is 0 Å². The predicted octanol–water partition coefficient (Wildman–Crippen LogP) is 0.164. The van der Waals surface area contributed by atoms with Gasteiger partial charge in [0, 0.05) is 24.8 Å². The monoisotopic (exact) mass is 266 g/mol. The van der Waals surface area contributed by atoms with Crippen LogP contribution in [0.2, 0.25) is 0 Å². The maximum atomic E-state index is 12.6. The molecular formula is C13H22N4O2. The molecule has 2 heterocycles. The van der Waals surface area contributed by atoms with Crippen LogP contribution in [-0.4, -0.2) is 70.3 Å². The Hall–Kier alpha value is -1.40. The molecule has 2 N–H and O–H groups in total. The van der Waals surface area contributed by atoms with Gasteiger partial charge in [-0.05, 0) is 34.4 Å². The third kappa shape index (κ3) is 2.79. The van der Waals surface area contributed by atoms with Gasteiger partial charge >= 0.3 is 0 Å². The first kappa shape index (κ1) is 14.0. The zero-order chi connectivity index (χ0) is 14.2. The molecule has 0 radical (unpaired) electrons. The van der Waals surface area contributed by atoms with Crippen molar-refractivity contribution < 1.29 is 9.90 Å². The van der Waals surface area contributed by atoms with Crippen LogP contribution in [0.4, 0.5) is 0 Å². The fourth-order valence-electron chi connectivity index (χ4n) is 2.74. The van der Waals surface area contributed by atoms with Crippen molar-refractivity contribution in [2.24, 2.45) is 0 Å². The second-order valence-electron chi connectivity index (χ2n) is 5.57. The van der Waals surface area contributed by atoms with Crippen LogP contribution >= 0.6 is 0 Å². The van der Waals surface area contributed by atoms with Crippen molar-refractivity contribution in [3.05, 3.63) is 17.0 Å². The molecule has 1 aliphatic heterocycles. The number of rotatable bonds is 3. The Morgan fingerprint density at radius 2 is 2.21 bits per heavy atom. The number of nitrogens with zero attached hydrogens (tertiary/aromatic N) is 3. The maximum Gasteiger partial charge on any atom is 0.257 e. The molecule has 0 aliphatic carbocycles. The van der Waals surface area contributed by atoms with Gasteiger partial charge in [-0.1, -0.05) is 0 Å². The maximum absolute atomic E-state index is 12.6. The van der Waals surface area contributed by atoms with E-state index in [0.717, 1.165) is 12.2 Å². The van der Waals surface area contributed by atoms with Crippen LogP contribution in [0, 0.1) is 13.8 Å². The number of nitrogens with one attached hydrogen (secondary N) is 1. The highest BCUT2D eigenvalue weighted by atomic mass is 16.3. The molecular weight excluding hydrogens is 244 g/mol. The van der Waals surface area contributed by atoms with Gasteiger partial charge in [0.15, 0.2) is 0 Å². The average molecular weight is 266 g/mol. The summed E-state index contributed by atoms with van der Waals surface area (Å²) in [7, 11) is 3.95. The molecule has 2 unspecified atom stereocenters. The second-order valence-corrected chi connectivity index (χ2v) is 5.57. The third-order valence-corrected chi connectivity index (χ3v) is 3.57. The summed E-state index contributed by atoms with van der Waals surface area (Å²) in [5.74, 6) is -0.0350. The number of carbonyl (C=O) groups is 1. The first-order valence-corrected chi connectivity index (χ1v) is 6.55. The van der Waals surface area contributed by atoms with E-state index in [0.29, 0.717) is 24.2 Å². The smallest absolute Gasteiger partial charge is 0.257 e. The number of likely N-dealkylation sites (N-methyl/N-ethyl adjacent to an activating group) is 1. The van der Waals surface area contributed by atoms with Crippen molar-refractivity contribution in [1.29, 1.82) is 0 Å². The van der Waals surface area contributed by atoms with E-state index in [1.165, 1.54) is 0 Å². The SMILES string of the molecule is Cc1n[nH]c(C)c1C(=O)N1CC(O)CC1CN(C)C. The number of aromatic nitrogens is 2. The van der Waals surface area contributed by atoms with Gasteiger partial charge in [0.1, 0.15) is 0 Å². The molecule has 106 valence electrons. The molecule has 6 heteroatoms. The Kier molecular flexibility index (Phi) is 3.91. The van der Waals surface area contributed by atoms with Gasteiger partial charge in [0.2, 0.25) is 0 Å². The van der Waals surface area contributed by atoms with Crippen molar-refractivity contribution in [2.75, 3.05) is 27.2 Å². The number of aryl methyl sites for hydroxylation is 2. The fraction of sp³-hybridized carbons (Fsp3) is 0.692. The highest BCUT2D eigenvalue weighted by molar-refractivity contribution is 5.96. The standard InChI is InChI=1S/C13H22N4O2/c1-8-12(9(2)15-14-8)13(19)17-7-11(18)5-10(17)6-16(3)4/h10-11,18H,5-7H2,1-4H3,(H,14,15). The Bertz CT molecular complexity index is 450. The Balaban J connectivity index is 2.22. The number of carbonyl (C=O) groups excluding carboxylic acids is 1. The van der Waals surface area contributed by atoms with E-state index in [9.17, 15) is 9.90 Å². The number of hydrogen-bond donors (Lipinski definition) is 2. The van der Waals surface area contributed by atoms with Crippen LogP contribution in [0.15, 0.2) is 0 Å². The topological polar surface area (TPSA) is 72.5 Å². The molecule has 2 atom stereocenters. The predicted molar refractivity (Wildman–Crippen MR) is 72.1 cm³/mol. The summed E-state index contributed by atoms with van der Waals surface area (Å²) in [6.07, 6.45) is 0.210. The zero-order valence-corrected chi connectivity index (χ0v) is 12.0. The van der Waals surface area contributed by atoms with Crippen LogP contribution < -0.4 is 0 Å². The molecule has 1 aliphatic rings.